The number of hydrogen-bond donors (Lipinski definition) is 2. The fraction of sp³-hybridized carbons (Fsp3) is 0.381. The van der Waals surface area contributed by atoms with Crippen LogP contribution < -0.4 is 15.8 Å². The van der Waals surface area contributed by atoms with Crippen molar-refractivity contribution in [3.63, 3.8) is 0 Å². The van der Waals surface area contributed by atoms with Crippen molar-refractivity contribution in [1.29, 1.82) is 0 Å². The molecule has 3 rings (SSSR count). The summed E-state index contributed by atoms with van der Waals surface area (Å²) in [6.45, 7) is 3.02. The van der Waals surface area contributed by atoms with Crippen LogP contribution in [-0.4, -0.2) is 47.9 Å². The van der Waals surface area contributed by atoms with E-state index in [1.165, 1.54) is 0 Å². The highest BCUT2D eigenvalue weighted by atomic mass is 79.9. The number of carbonyl (C=O) groups excluding carboxylic acids is 2. The summed E-state index contributed by atoms with van der Waals surface area (Å²) < 4.78 is 6.72. The Morgan fingerprint density at radius 1 is 1.28 bits per heavy atom. The number of halogens is 1. The third-order valence-electron chi connectivity index (χ3n) is 4.89. The first-order valence-corrected chi connectivity index (χ1v) is 10.5. The number of nitrogens with one attached hydrogen (secondary N) is 1. The van der Waals surface area contributed by atoms with Crippen molar-refractivity contribution in [2.45, 2.75) is 19.3 Å². The minimum absolute atomic E-state index is 0.0629. The summed E-state index contributed by atoms with van der Waals surface area (Å²) in [6.07, 6.45) is 4.23. The molecule has 154 valence electrons. The van der Waals surface area contributed by atoms with Crippen LogP contribution in [-0.2, 0) is 4.79 Å². The number of rotatable bonds is 8. The van der Waals surface area contributed by atoms with Gasteiger partial charge in [-0.2, -0.15) is 0 Å². The van der Waals surface area contributed by atoms with Crippen molar-refractivity contribution in [2.75, 3.05) is 26.2 Å². The fourth-order valence-electron chi connectivity index (χ4n) is 3.35. The molecule has 1 aliphatic rings. The smallest absolute Gasteiger partial charge is 0.256 e. The van der Waals surface area contributed by atoms with E-state index >= 15 is 0 Å². The third kappa shape index (κ3) is 6.27. The van der Waals surface area contributed by atoms with Gasteiger partial charge in [-0.25, -0.2) is 4.98 Å². The van der Waals surface area contributed by atoms with Gasteiger partial charge in [-0.1, -0.05) is 15.9 Å². The van der Waals surface area contributed by atoms with Gasteiger partial charge in [-0.05, 0) is 68.8 Å². The average Bonchev–Trinajstić information content (AvgIpc) is 2.73. The van der Waals surface area contributed by atoms with E-state index < -0.39 is 0 Å². The highest BCUT2D eigenvalue weighted by Crippen LogP contribution is 2.24. The second-order valence-electron chi connectivity index (χ2n) is 7.06. The summed E-state index contributed by atoms with van der Waals surface area (Å²) >= 11 is 3.38. The standard InChI is InChI=1S/C21H25BrN4O3/c22-16-6-8-17(9-7-16)29-21-18(5-1-10-25-21)20(28)24-11-3-13-26-12-2-4-15(14-26)19(23)27/h1,5-10,15H,2-4,11-14H2,(H2,23,27)(H,24,28). The van der Waals surface area contributed by atoms with E-state index in [0.29, 0.717) is 24.4 Å². The van der Waals surface area contributed by atoms with Crippen molar-refractivity contribution in [2.24, 2.45) is 11.7 Å². The number of nitrogens with zero attached hydrogens (tertiary/aromatic N) is 2. The Hall–Kier alpha value is -2.45. The van der Waals surface area contributed by atoms with Gasteiger partial charge in [0.15, 0.2) is 0 Å². The number of piperidine rings is 1. The van der Waals surface area contributed by atoms with Crippen LogP contribution in [0.1, 0.15) is 29.6 Å². The highest BCUT2D eigenvalue weighted by Gasteiger charge is 2.23. The highest BCUT2D eigenvalue weighted by molar-refractivity contribution is 9.10. The number of likely N-dealkylation sites (tertiary alicyclic amines) is 1. The summed E-state index contributed by atoms with van der Waals surface area (Å²) in [4.78, 5) is 30.4. The van der Waals surface area contributed by atoms with Crippen LogP contribution in [0.15, 0.2) is 47.1 Å². The van der Waals surface area contributed by atoms with Gasteiger partial charge in [-0.3, -0.25) is 9.59 Å². The Kier molecular flexibility index (Phi) is 7.60. The molecule has 1 fully saturated rings. The quantitative estimate of drug-likeness (QED) is 0.590. The molecule has 7 nitrogen and oxygen atoms in total. The maximum atomic E-state index is 12.6. The summed E-state index contributed by atoms with van der Waals surface area (Å²) in [5.41, 5.74) is 5.81. The van der Waals surface area contributed by atoms with E-state index in [1.54, 1.807) is 30.5 Å². The molecule has 2 amide bonds. The first-order valence-electron chi connectivity index (χ1n) is 9.71. The molecule has 1 aromatic heterocycles. The Balaban J connectivity index is 1.49. The molecule has 2 aromatic rings. The van der Waals surface area contributed by atoms with Crippen LogP contribution in [0.5, 0.6) is 11.6 Å². The molecule has 1 saturated heterocycles. The average molecular weight is 461 g/mol. The zero-order valence-corrected chi connectivity index (χ0v) is 17.7. The lowest BCUT2D eigenvalue weighted by Gasteiger charge is -2.31. The molecule has 0 spiro atoms. The van der Waals surface area contributed by atoms with Crippen LogP contribution in [0.25, 0.3) is 0 Å². The Morgan fingerprint density at radius 3 is 2.83 bits per heavy atom. The second-order valence-corrected chi connectivity index (χ2v) is 7.98. The zero-order chi connectivity index (χ0) is 20.6. The Labute approximate surface area is 178 Å². The van der Waals surface area contributed by atoms with Crippen molar-refractivity contribution >= 4 is 27.7 Å². The molecule has 0 radical (unpaired) electrons. The predicted octanol–water partition coefficient (Wildman–Crippen LogP) is 2.95. The number of aromatic nitrogens is 1. The van der Waals surface area contributed by atoms with Crippen LogP contribution in [0.2, 0.25) is 0 Å². The number of pyridine rings is 1. The molecule has 2 heterocycles. The first kappa shape index (κ1) is 21.3. The van der Waals surface area contributed by atoms with E-state index in [4.69, 9.17) is 10.5 Å². The van der Waals surface area contributed by atoms with Gasteiger partial charge in [0, 0.05) is 23.8 Å². The predicted molar refractivity (Wildman–Crippen MR) is 114 cm³/mol. The van der Waals surface area contributed by atoms with E-state index in [-0.39, 0.29) is 23.6 Å². The topological polar surface area (TPSA) is 97.6 Å². The van der Waals surface area contributed by atoms with Crippen molar-refractivity contribution in [1.82, 2.24) is 15.2 Å². The van der Waals surface area contributed by atoms with Crippen LogP contribution in [0.3, 0.4) is 0 Å². The maximum absolute atomic E-state index is 12.6. The van der Waals surface area contributed by atoms with Gasteiger partial charge < -0.3 is 20.7 Å². The normalized spacial score (nSPS) is 16.9. The van der Waals surface area contributed by atoms with Gasteiger partial charge in [0.1, 0.15) is 11.3 Å². The molecule has 0 bridgehead atoms. The van der Waals surface area contributed by atoms with Gasteiger partial charge in [0.05, 0.1) is 5.92 Å². The minimum atomic E-state index is -0.224. The fourth-order valence-corrected chi connectivity index (χ4v) is 3.61. The summed E-state index contributed by atoms with van der Waals surface area (Å²) in [7, 11) is 0. The van der Waals surface area contributed by atoms with Crippen LogP contribution in [0.4, 0.5) is 0 Å². The number of benzene rings is 1. The molecule has 1 unspecified atom stereocenters. The largest absolute Gasteiger partial charge is 0.438 e. The lowest BCUT2D eigenvalue weighted by molar-refractivity contribution is -0.123. The Bertz CT molecular complexity index is 844. The molecule has 1 aliphatic heterocycles. The van der Waals surface area contributed by atoms with E-state index in [2.05, 4.69) is 31.1 Å². The molecule has 3 N–H and O–H groups in total. The molecular weight excluding hydrogens is 436 g/mol. The molecule has 1 aromatic carbocycles. The van der Waals surface area contributed by atoms with Crippen molar-refractivity contribution in [3.05, 3.63) is 52.6 Å². The SMILES string of the molecule is NC(=O)C1CCCN(CCCNC(=O)c2cccnc2Oc2ccc(Br)cc2)C1. The van der Waals surface area contributed by atoms with Gasteiger partial charge in [-0.15, -0.1) is 0 Å². The monoisotopic (exact) mass is 460 g/mol. The second kappa shape index (κ2) is 10.4. The summed E-state index contributed by atoms with van der Waals surface area (Å²) in [6, 6.07) is 10.7. The lowest BCUT2D eigenvalue weighted by Crippen LogP contribution is -2.42. The van der Waals surface area contributed by atoms with Crippen LogP contribution >= 0.6 is 15.9 Å². The molecule has 0 aliphatic carbocycles. The molecule has 1 atom stereocenters. The minimum Gasteiger partial charge on any atom is -0.438 e. The Morgan fingerprint density at radius 2 is 2.07 bits per heavy atom. The maximum Gasteiger partial charge on any atom is 0.256 e. The van der Waals surface area contributed by atoms with Crippen molar-refractivity contribution in [3.8, 4) is 11.6 Å². The molecule has 29 heavy (non-hydrogen) atoms. The van der Waals surface area contributed by atoms with Gasteiger partial charge in [0.2, 0.25) is 11.8 Å². The van der Waals surface area contributed by atoms with E-state index in [9.17, 15) is 9.59 Å². The number of amides is 2. The van der Waals surface area contributed by atoms with E-state index in [0.717, 1.165) is 36.8 Å². The number of ether oxygens (including phenoxy) is 1. The number of hydrogen-bond acceptors (Lipinski definition) is 5. The lowest BCUT2D eigenvalue weighted by atomic mass is 9.97. The number of primary amides is 1. The van der Waals surface area contributed by atoms with E-state index in [1.807, 2.05) is 12.1 Å². The summed E-state index contributed by atoms with van der Waals surface area (Å²) in [5.74, 6) is 0.367. The third-order valence-corrected chi connectivity index (χ3v) is 5.42. The molecular formula is C21H25BrN4O3. The summed E-state index contributed by atoms with van der Waals surface area (Å²) in [5, 5.41) is 2.92. The zero-order valence-electron chi connectivity index (χ0n) is 16.1. The molecule has 0 saturated carbocycles. The first-order chi connectivity index (χ1) is 14.0. The molecule has 8 heteroatoms. The number of nitrogens with two attached hydrogens (primary N) is 1. The number of carbonyl (C=O) groups is 2. The van der Waals surface area contributed by atoms with Crippen LogP contribution in [0, 0.1) is 5.92 Å². The van der Waals surface area contributed by atoms with Gasteiger partial charge >= 0.3 is 0 Å². The van der Waals surface area contributed by atoms with Gasteiger partial charge in [0.25, 0.3) is 5.91 Å². The van der Waals surface area contributed by atoms with Crippen molar-refractivity contribution < 1.29 is 14.3 Å².